The van der Waals surface area contributed by atoms with Crippen LogP contribution in [0.4, 0.5) is 17.1 Å². The van der Waals surface area contributed by atoms with Crippen LogP contribution in [0.15, 0.2) is 218 Å². The summed E-state index contributed by atoms with van der Waals surface area (Å²) in [4.78, 5) is 2.39. The lowest BCUT2D eigenvalue weighted by atomic mass is 9.82. The van der Waals surface area contributed by atoms with Gasteiger partial charge in [0.25, 0.3) is 0 Å². The van der Waals surface area contributed by atoms with Crippen molar-refractivity contribution >= 4 is 38.9 Å². The quantitative estimate of drug-likeness (QED) is 0.157. The molecule has 11 rings (SSSR count). The van der Waals surface area contributed by atoms with E-state index in [1.54, 1.807) is 0 Å². The van der Waals surface area contributed by atoms with E-state index in [0.29, 0.717) is 0 Å². The lowest BCUT2D eigenvalue weighted by Gasteiger charge is -2.28. The molecule has 0 atom stereocenters. The summed E-state index contributed by atoms with van der Waals surface area (Å²) >= 11 is 0. The molecular formula is C57H42N2. The van der Waals surface area contributed by atoms with Crippen LogP contribution in [0.2, 0.25) is 0 Å². The predicted molar refractivity (Wildman–Crippen MR) is 249 cm³/mol. The summed E-state index contributed by atoms with van der Waals surface area (Å²) in [6.07, 6.45) is 0. The molecule has 0 unspecified atom stereocenters. The number of para-hydroxylation sites is 3. The second kappa shape index (κ2) is 13.9. The third-order valence-electron chi connectivity index (χ3n) is 12.4. The average molecular weight is 755 g/mol. The zero-order chi connectivity index (χ0) is 39.5. The Morgan fingerprint density at radius 2 is 0.898 bits per heavy atom. The van der Waals surface area contributed by atoms with Gasteiger partial charge in [0.2, 0.25) is 0 Å². The van der Waals surface area contributed by atoms with E-state index in [2.05, 4.69) is 242 Å². The van der Waals surface area contributed by atoms with Crippen molar-refractivity contribution in [2.75, 3.05) is 4.90 Å². The normalized spacial score (nSPS) is 12.7. The smallest absolute Gasteiger partial charge is 0.0547 e. The van der Waals surface area contributed by atoms with Crippen LogP contribution in [0.1, 0.15) is 25.0 Å². The van der Waals surface area contributed by atoms with Gasteiger partial charge in [-0.2, -0.15) is 0 Å². The average Bonchev–Trinajstić information content (AvgIpc) is 3.76. The highest BCUT2D eigenvalue weighted by atomic mass is 15.1. The number of rotatable bonds is 7. The van der Waals surface area contributed by atoms with Crippen molar-refractivity contribution < 1.29 is 0 Å². The Bertz CT molecular complexity index is 3160. The standard InChI is InChI=1S/C57H42N2/c1-57(2)52-26-14-12-23-49(52)50-34-33-47(38-53(50)57)58(44-19-8-4-9-20-44)46-31-29-40(30-32-46)42-35-41(39-17-6-3-7-18-39)36-43(37-42)48-25-16-28-55-56(48)51-24-13-15-27-54(51)59(55)45-21-10-5-11-22-45/h3-38H,1-2H3. The molecule has 9 aromatic carbocycles. The minimum Gasteiger partial charge on any atom is -0.310 e. The van der Waals surface area contributed by atoms with Crippen LogP contribution in [0, 0.1) is 0 Å². The zero-order valence-corrected chi connectivity index (χ0v) is 33.2. The minimum absolute atomic E-state index is 0.0869. The van der Waals surface area contributed by atoms with Gasteiger partial charge in [-0.3, -0.25) is 0 Å². The van der Waals surface area contributed by atoms with E-state index in [1.807, 2.05) is 0 Å². The van der Waals surface area contributed by atoms with Crippen LogP contribution in [-0.2, 0) is 5.41 Å². The maximum absolute atomic E-state index is 2.40. The van der Waals surface area contributed by atoms with E-state index in [9.17, 15) is 0 Å². The van der Waals surface area contributed by atoms with Gasteiger partial charge < -0.3 is 9.47 Å². The summed E-state index contributed by atoms with van der Waals surface area (Å²) in [5.41, 5.74) is 19.4. The molecular weight excluding hydrogens is 713 g/mol. The van der Waals surface area contributed by atoms with Gasteiger partial charge in [0, 0.05) is 38.9 Å². The van der Waals surface area contributed by atoms with Gasteiger partial charge in [0.1, 0.15) is 0 Å². The molecule has 1 aromatic heterocycles. The maximum Gasteiger partial charge on any atom is 0.0547 e. The van der Waals surface area contributed by atoms with Gasteiger partial charge in [0.15, 0.2) is 0 Å². The van der Waals surface area contributed by atoms with E-state index < -0.39 is 0 Å². The highest BCUT2D eigenvalue weighted by Gasteiger charge is 2.35. The lowest BCUT2D eigenvalue weighted by molar-refractivity contribution is 0.660. The van der Waals surface area contributed by atoms with Gasteiger partial charge >= 0.3 is 0 Å². The first-order valence-electron chi connectivity index (χ1n) is 20.5. The van der Waals surface area contributed by atoms with E-state index in [0.717, 1.165) is 22.7 Å². The first kappa shape index (κ1) is 34.8. The highest BCUT2D eigenvalue weighted by Crippen LogP contribution is 2.51. The van der Waals surface area contributed by atoms with Crippen LogP contribution < -0.4 is 4.90 Å². The summed E-state index contributed by atoms with van der Waals surface area (Å²) in [6.45, 7) is 4.70. The van der Waals surface area contributed by atoms with E-state index in [1.165, 1.54) is 77.4 Å². The van der Waals surface area contributed by atoms with Crippen LogP contribution in [-0.4, -0.2) is 4.57 Å². The molecule has 0 saturated carbocycles. The molecule has 2 nitrogen and oxygen atoms in total. The van der Waals surface area contributed by atoms with Gasteiger partial charge in [-0.15, -0.1) is 0 Å². The molecule has 59 heavy (non-hydrogen) atoms. The molecule has 0 fully saturated rings. The van der Waals surface area contributed by atoms with Crippen molar-refractivity contribution in [2.24, 2.45) is 0 Å². The predicted octanol–water partition coefficient (Wildman–Crippen LogP) is 15.6. The summed E-state index contributed by atoms with van der Waals surface area (Å²) in [7, 11) is 0. The van der Waals surface area contributed by atoms with Gasteiger partial charge in [-0.25, -0.2) is 0 Å². The zero-order valence-electron chi connectivity index (χ0n) is 33.2. The van der Waals surface area contributed by atoms with Crippen molar-refractivity contribution in [3.05, 3.63) is 230 Å². The van der Waals surface area contributed by atoms with E-state index >= 15 is 0 Å². The Balaban J connectivity index is 1.05. The molecule has 1 aliphatic rings. The van der Waals surface area contributed by atoms with E-state index in [4.69, 9.17) is 0 Å². The van der Waals surface area contributed by atoms with Crippen molar-refractivity contribution in [3.63, 3.8) is 0 Å². The summed E-state index contributed by atoms with van der Waals surface area (Å²) < 4.78 is 2.40. The van der Waals surface area contributed by atoms with Crippen molar-refractivity contribution in [1.82, 2.24) is 4.57 Å². The van der Waals surface area contributed by atoms with Crippen LogP contribution in [0.5, 0.6) is 0 Å². The fourth-order valence-corrected chi connectivity index (χ4v) is 9.52. The Labute approximate surface area is 345 Å². The number of nitrogens with zero attached hydrogens (tertiary/aromatic N) is 2. The first-order chi connectivity index (χ1) is 29.0. The first-order valence-corrected chi connectivity index (χ1v) is 20.5. The second-order valence-corrected chi connectivity index (χ2v) is 16.2. The molecule has 0 saturated heterocycles. The Kier molecular flexibility index (Phi) is 8.20. The van der Waals surface area contributed by atoms with E-state index in [-0.39, 0.29) is 5.41 Å². The summed E-state index contributed by atoms with van der Waals surface area (Å²) in [6, 6.07) is 79.8. The topological polar surface area (TPSA) is 8.17 Å². The summed E-state index contributed by atoms with van der Waals surface area (Å²) in [5.74, 6) is 0. The molecule has 0 radical (unpaired) electrons. The third kappa shape index (κ3) is 5.79. The lowest BCUT2D eigenvalue weighted by Crippen LogP contribution is -2.16. The fourth-order valence-electron chi connectivity index (χ4n) is 9.52. The number of hydrogen-bond acceptors (Lipinski definition) is 1. The second-order valence-electron chi connectivity index (χ2n) is 16.2. The van der Waals surface area contributed by atoms with Gasteiger partial charge in [-0.1, -0.05) is 153 Å². The Morgan fingerprint density at radius 3 is 1.66 bits per heavy atom. The highest BCUT2D eigenvalue weighted by molar-refractivity contribution is 6.16. The maximum atomic E-state index is 2.40. The van der Waals surface area contributed by atoms with Gasteiger partial charge in [-0.05, 0) is 134 Å². The number of fused-ring (bicyclic) bond motifs is 6. The molecule has 0 bridgehead atoms. The largest absolute Gasteiger partial charge is 0.310 e. The molecule has 280 valence electrons. The Morgan fingerprint density at radius 1 is 0.356 bits per heavy atom. The molecule has 1 heterocycles. The van der Waals surface area contributed by atoms with Gasteiger partial charge in [0.05, 0.1) is 11.0 Å². The molecule has 0 N–H and O–H groups in total. The molecule has 0 aliphatic heterocycles. The number of benzene rings is 9. The summed E-state index contributed by atoms with van der Waals surface area (Å²) in [5, 5.41) is 2.51. The van der Waals surface area contributed by atoms with Crippen molar-refractivity contribution in [2.45, 2.75) is 19.3 Å². The number of aromatic nitrogens is 1. The van der Waals surface area contributed by atoms with Crippen molar-refractivity contribution in [3.8, 4) is 50.2 Å². The van der Waals surface area contributed by atoms with Crippen LogP contribution >= 0.6 is 0 Å². The van der Waals surface area contributed by atoms with Crippen molar-refractivity contribution in [1.29, 1.82) is 0 Å². The number of anilines is 3. The Hall–Kier alpha value is -7.42. The molecule has 0 spiro atoms. The molecule has 2 heteroatoms. The SMILES string of the molecule is CC1(C)c2ccccc2-c2ccc(N(c3ccccc3)c3ccc(-c4cc(-c5ccccc5)cc(-c5cccc6c5c5ccccc5n6-c5ccccc5)c4)cc3)cc21. The minimum atomic E-state index is -0.0869. The molecule has 1 aliphatic carbocycles. The van der Waals surface area contributed by atoms with Crippen LogP contribution in [0.25, 0.3) is 72.0 Å². The third-order valence-corrected chi connectivity index (χ3v) is 12.4. The molecule has 0 amide bonds. The number of hydrogen-bond donors (Lipinski definition) is 0. The fraction of sp³-hybridized carbons (Fsp3) is 0.0526. The molecule has 10 aromatic rings. The monoisotopic (exact) mass is 754 g/mol. The van der Waals surface area contributed by atoms with Crippen LogP contribution in [0.3, 0.4) is 0 Å².